The maximum absolute atomic E-state index is 15.0. The van der Waals surface area contributed by atoms with Crippen molar-refractivity contribution in [2.45, 2.75) is 18.6 Å². The SMILES string of the molecule is CNc1nccc(-c2cccnc2Oc2ccc(F)c(C(=O)Nc3cc(C(F)(F)F)ccc3N(C)[C@H]3CCN(C)C3)c2)n1. The summed E-state index contributed by atoms with van der Waals surface area (Å²) < 4.78 is 61.7. The van der Waals surface area contributed by atoms with Crippen LogP contribution in [0.2, 0.25) is 0 Å². The first-order valence-corrected chi connectivity index (χ1v) is 13.4. The molecule has 1 amide bonds. The maximum Gasteiger partial charge on any atom is 0.416 e. The molecule has 4 aromatic rings. The molecule has 5 rings (SSSR count). The van der Waals surface area contributed by atoms with Crippen molar-refractivity contribution < 1.29 is 27.1 Å². The van der Waals surface area contributed by atoms with E-state index in [2.05, 4.69) is 30.5 Å². The first-order chi connectivity index (χ1) is 20.5. The Morgan fingerprint density at radius 3 is 2.63 bits per heavy atom. The quantitative estimate of drug-likeness (QED) is 0.243. The summed E-state index contributed by atoms with van der Waals surface area (Å²) in [4.78, 5) is 30.1. The average Bonchev–Trinajstić information content (AvgIpc) is 3.43. The van der Waals surface area contributed by atoms with Crippen LogP contribution in [0.25, 0.3) is 11.3 Å². The van der Waals surface area contributed by atoms with Gasteiger partial charge in [-0.2, -0.15) is 13.2 Å². The monoisotopic (exact) mass is 595 g/mol. The van der Waals surface area contributed by atoms with E-state index in [0.717, 1.165) is 31.2 Å². The van der Waals surface area contributed by atoms with Crippen LogP contribution in [0.5, 0.6) is 11.6 Å². The highest BCUT2D eigenvalue weighted by Gasteiger charge is 2.33. The number of likely N-dealkylation sites (N-methyl/N-ethyl adjacent to an activating group) is 2. The Hall–Kier alpha value is -4.78. The van der Waals surface area contributed by atoms with Gasteiger partial charge in [0.05, 0.1) is 33.8 Å². The highest BCUT2D eigenvalue weighted by atomic mass is 19.4. The lowest BCUT2D eigenvalue weighted by Gasteiger charge is -2.29. The number of hydrogen-bond donors (Lipinski definition) is 2. The van der Waals surface area contributed by atoms with Crippen LogP contribution in [0, 0.1) is 5.82 Å². The van der Waals surface area contributed by atoms with Gasteiger partial charge in [-0.3, -0.25) is 4.79 Å². The zero-order chi connectivity index (χ0) is 30.7. The smallest absolute Gasteiger partial charge is 0.416 e. The molecular formula is C30H29F4N7O2. The summed E-state index contributed by atoms with van der Waals surface area (Å²) in [5, 5.41) is 5.36. The molecule has 1 aliphatic rings. The van der Waals surface area contributed by atoms with Crippen molar-refractivity contribution in [3.63, 3.8) is 0 Å². The minimum absolute atomic E-state index is 0.0255. The largest absolute Gasteiger partial charge is 0.438 e. The molecule has 43 heavy (non-hydrogen) atoms. The van der Waals surface area contributed by atoms with E-state index < -0.39 is 29.0 Å². The molecule has 1 fully saturated rings. The normalized spacial score (nSPS) is 15.3. The molecule has 224 valence electrons. The highest BCUT2D eigenvalue weighted by molar-refractivity contribution is 6.06. The Morgan fingerprint density at radius 2 is 1.91 bits per heavy atom. The fourth-order valence-corrected chi connectivity index (χ4v) is 4.88. The van der Waals surface area contributed by atoms with Gasteiger partial charge < -0.3 is 25.2 Å². The molecule has 2 N–H and O–H groups in total. The van der Waals surface area contributed by atoms with E-state index in [1.165, 1.54) is 24.4 Å². The fraction of sp³-hybridized carbons (Fsp3) is 0.267. The van der Waals surface area contributed by atoms with Crippen LogP contribution in [-0.2, 0) is 6.18 Å². The summed E-state index contributed by atoms with van der Waals surface area (Å²) in [6.07, 6.45) is -0.767. The number of hydrogen-bond acceptors (Lipinski definition) is 8. The number of halogens is 4. The summed E-state index contributed by atoms with van der Waals surface area (Å²) in [5.41, 5.74) is -0.0174. The summed E-state index contributed by atoms with van der Waals surface area (Å²) in [7, 11) is 5.40. The molecule has 1 saturated heterocycles. The standard InChI is InChI=1S/C30H29F4N7O2/c1-35-29-37-13-10-24(39-29)21-5-4-12-36-28(21)43-20-7-8-23(31)22(16-20)27(42)38-25-15-18(30(32,33)34)6-9-26(25)41(3)19-11-14-40(2)17-19/h4-10,12-13,15-16,19H,11,14,17H2,1-3H3,(H,38,42)(H,35,37,39)/t19-/m0/s1. The topological polar surface area (TPSA) is 95.5 Å². The van der Waals surface area contributed by atoms with Crippen LogP contribution in [0.3, 0.4) is 0 Å². The number of anilines is 3. The minimum atomic E-state index is -4.64. The van der Waals surface area contributed by atoms with E-state index >= 15 is 0 Å². The summed E-state index contributed by atoms with van der Waals surface area (Å²) in [6.45, 7) is 1.54. The lowest BCUT2D eigenvalue weighted by Crippen LogP contribution is -2.34. The second kappa shape index (κ2) is 12.2. The molecule has 9 nitrogen and oxygen atoms in total. The molecule has 0 spiro atoms. The Morgan fingerprint density at radius 1 is 1.09 bits per heavy atom. The van der Waals surface area contributed by atoms with E-state index in [1.807, 2.05) is 11.9 Å². The van der Waals surface area contributed by atoms with Crippen LogP contribution in [0.15, 0.2) is 67.0 Å². The van der Waals surface area contributed by atoms with Gasteiger partial charge in [-0.05, 0) is 74.6 Å². The molecule has 0 unspecified atom stereocenters. The Balaban J connectivity index is 1.44. The molecular weight excluding hydrogens is 566 g/mol. The van der Waals surface area contributed by atoms with Gasteiger partial charge in [-0.25, -0.2) is 19.3 Å². The number of likely N-dealkylation sites (tertiary alicyclic amines) is 1. The molecule has 0 saturated carbocycles. The maximum atomic E-state index is 15.0. The van der Waals surface area contributed by atoms with Crippen LogP contribution >= 0.6 is 0 Å². The number of aromatic nitrogens is 3. The van der Waals surface area contributed by atoms with Gasteiger partial charge >= 0.3 is 6.18 Å². The average molecular weight is 596 g/mol. The number of nitrogens with zero attached hydrogens (tertiary/aromatic N) is 5. The zero-order valence-corrected chi connectivity index (χ0v) is 23.6. The number of rotatable bonds is 8. The van der Waals surface area contributed by atoms with Gasteiger partial charge in [0.2, 0.25) is 11.8 Å². The van der Waals surface area contributed by atoms with E-state index in [0.29, 0.717) is 29.4 Å². The first kappa shape index (κ1) is 29.7. The van der Waals surface area contributed by atoms with Gasteiger partial charge in [-0.1, -0.05) is 0 Å². The van der Waals surface area contributed by atoms with Crippen LogP contribution in [-0.4, -0.2) is 66.0 Å². The van der Waals surface area contributed by atoms with Crippen LogP contribution in [0.4, 0.5) is 34.9 Å². The number of amides is 1. The van der Waals surface area contributed by atoms with E-state index in [9.17, 15) is 22.4 Å². The number of carbonyl (C=O) groups is 1. The van der Waals surface area contributed by atoms with Crippen molar-refractivity contribution >= 4 is 23.2 Å². The Labute approximate surface area is 245 Å². The number of nitrogens with one attached hydrogen (secondary N) is 2. The summed E-state index contributed by atoms with van der Waals surface area (Å²) in [5.74, 6) is -1.20. The van der Waals surface area contributed by atoms with E-state index in [1.54, 1.807) is 38.5 Å². The minimum Gasteiger partial charge on any atom is -0.438 e. The number of alkyl halides is 3. The molecule has 0 radical (unpaired) electrons. The molecule has 2 aromatic carbocycles. The molecule has 0 bridgehead atoms. The lowest BCUT2D eigenvalue weighted by molar-refractivity contribution is -0.137. The molecule has 1 atom stereocenters. The number of carbonyl (C=O) groups excluding carboxylic acids is 1. The molecule has 3 heterocycles. The predicted octanol–water partition coefficient (Wildman–Crippen LogP) is 5.92. The fourth-order valence-electron chi connectivity index (χ4n) is 4.88. The first-order valence-electron chi connectivity index (χ1n) is 13.4. The third-order valence-corrected chi connectivity index (χ3v) is 7.19. The van der Waals surface area contributed by atoms with Crippen molar-refractivity contribution in [2.24, 2.45) is 0 Å². The van der Waals surface area contributed by atoms with Crippen molar-refractivity contribution in [3.05, 3.63) is 83.9 Å². The van der Waals surface area contributed by atoms with Crippen LogP contribution < -0.4 is 20.3 Å². The highest BCUT2D eigenvalue weighted by Crippen LogP contribution is 2.37. The van der Waals surface area contributed by atoms with Gasteiger partial charge in [0.1, 0.15) is 11.6 Å². The van der Waals surface area contributed by atoms with Crippen molar-refractivity contribution in [2.75, 3.05) is 49.8 Å². The van der Waals surface area contributed by atoms with Crippen molar-refractivity contribution in [3.8, 4) is 22.9 Å². The molecule has 0 aliphatic carbocycles. The van der Waals surface area contributed by atoms with Gasteiger partial charge in [0.25, 0.3) is 5.91 Å². The summed E-state index contributed by atoms with van der Waals surface area (Å²) in [6, 6.07) is 11.8. The molecule has 1 aliphatic heterocycles. The third kappa shape index (κ3) is 6.67. The number of benzene rings is 2. The second-order valence-corrected chi connectivity index (χ2v) is 10.1. The third-order valence-electron chi connectivity index (χ3n) is 7.19. The van der Waals surface area contributed by atoms with Crippen molar-refractivity contribution in [1.82, 2.24) is 19.9 Å². The Bertz CT molecular complexity index is 1630. The lowest BCUT2D eigenvalue weighted by atomic mass is 10.1. The molecule has 2 aromatic heterocycles. The predicted molar refractivity (Wildman–Crippen MR) is 155 cm³/mol. The Kier molecular flexibility index (Phi) is 8.44. The number of ether oxygens (including phenoxy) is 1. The van der Waals surface area contributed by atoms with E-state index in [4.69, 9.17) is 4.74 Å². The second-order valence-electron chi connectivity index (χ2n) is 10.1. The van der Waals surface area contributed by atoms with Crippen molar-refractivity contribution in [1.29, 1.82) is 0 Å². The number of pyridine rings is 1. The van der Waals surface area contributed by atoms with Gasteiger partial charge in [0.15, 0.2) is 0 Å². The zero-order valence-electron chi connectivity index (χ0n) is 23.6. The van der Waals surface area contributed by atoms with E-state index in [-0.39, 0.29) is 23.4 Å². The van der Waals surface area contributed by atoms with Crippen LogP contribution in [0.1, 0.15) is 22.3 Å². The summed E-state index contributed by atoms with van der Waals surface area (Å²) >= 11 is 0. The van der Waals surface area contributed by atoms with Gasteiger partial charge in [0, 0.05) is 39.1 Å². The van der Waals surface area contributed by atoms with Gasteiger partial charge in [-0.15, -0.1) is 0 Å². The molecule has 13 heteroatoms.